The summed E-state index contributed by atoms with van der Waals surface area (Å²) in [5.74, 6) is 0.218. The summed E-state index contributed by atoms with van der Waals surface area (Å²) in [5, 5.41) is 5.74. The average Bonchev–Trinajstić information content (AvgIpc) is 2.47. The molecule has 3 N–H and O–H groups in total. The molecule has 0 bridgehead atoms. The van der Waals surface area contributed by atoms with E-state index < -0.39 is 0 Å². The third kappa shape index (κ3) is 2.34. The highest BCUT2D eigenvalue weighted by Crippen LogP contribution is 2.31. The van der Waals surface area contributed by atoms with Gasteiger partial charge in [-0.15, -0.1) is 0 Å². The molecule has 1 heterocycles. The van der Waals surface area contributed by atoms with Gasteiger partial charge in [0.25, 0.3) is 0 Å². The van der Waals surface area contributed by atoms with E-state index >= 15 is 0 Å². The summed E-state index contributed by atoms with van der Waals surface area (Å²) < 4.78 is 0. The van der Waals surface area contributed by atoms with E-state index in [-0.39, 0.29) is 5.91 Å². The number of rotatable bonds is 2. The Morgan fingerprint density at radius 3 is 2.68 bits per heavy atom. The van der Waals surface area contributed by atoms with Crippen molar-refractivity contribution >= 4 is 16.7 Å². The van der Waals surface area contributed by atoms with E-state index in [0.717, 1.165) is 25.9 Å². The van der Waals surface area contributed by atoms with Crippen molar-refractivity contribution in [2.24, 2.45) is 5.73 Å². The molecular formula is C16H18N2O. The summed E-state index contributed by atoms with van der Waals surface area (Å²) in [6.45, 7) is 2.13. The molecule has 0 spiro atoms. The van der Waals surface area contributed by atoms with Crippen LogP contribution in [0.4, 0.5) is 0 Å². The fourth-order valence-corrected chi connectivity index (χ4v) is 2.94. The number of carbonyl (C=O) groups excluding carboxylic acids is 1. The van der Waals surface area contributed by atoms with Crippen LogP contribution in [0.1, 0.15) is 34.7 Å². The minimum Gasteiger partial charge on any atom is -0.366 e. The molecular weight excluding hydrogens is 236 g/mol. The first-order chi connectivity index (χ1) is 9.25. The highest BCUT2D eigenvalue weighted by molar-refractivity contribution is 5.98. The number of hydrogen-bond acceptors (Lipinski definition) is 2. The van der Waals surface area contributed by atoms with Crippen molar-refractivity contribution in [3.63, 3.8) is 0 Å². The van der Waals surface area contributed by atoms with E-state index in [1.54, 1.807) is 6.07 Å². The van der Waals surface area contributed by atoms with Gasteiger partial charge in [-0.25, -0.2) is 0 Å². The fraction of sp³-hybridized carbons (Fsp3) is 0.312. The van der Waals surface area contributed by atoms with Gasteiger partial charge in [0, 0.05) is 5.56 Å². The molecule has 3 nitrogen and oxygen atoms in total. The first kappa shape index (κ1) is 12.2. The van der Waals surface area contributed by atoms with Gasteiger partial charge in [-0.05, 0) is 60.3 Å². The number of piperidine rings is 1. The number of nitrogens with two attached hydrogens (primary N) is 1. The molecule has 0 saturated carbocycles. The minimum atomic E-state index is -0.359. The first-order valence-electron chi connectivity index (χ1n) is 6.79. The van der Waals surface area contributed by atoms with E-state index in [0.29, 0.717) is 11.5 Å². The molecule has 98 valence electrons. The van der Waals surface area contributed by atoms with Gasteiger partial charge in [0.1, 0.15) is 0 Å². The molecule has 2 aromatic carbocycles. The maximum Gasteiger partial charge on any atom is 0.248 e. The Kier molecular flexibility index (Phi) is 3.22. The topological polar surface area (TPSA) is 55.1 Å². The van der Waals surface area contributed by atoms with E-state index in [1.807, 2.05) is 12.1 Å². The molecule has 0 atom stereocenters. The monoisotopic (exact) mass is 254 g/mol. The van der Waals surface area contributed by atoms with E-state index in [1.165, 1.54) is 16.3 Å². The molecule has 1 fully saturated rings. The molecule has 1 aliphatic heterocycles. The lowest BCUT2D eigenvalue weighted by atomic mass is 9.86. The van der Waals surface area contributed by atoms with Crippen LogP contribution in [0, 0.1) is 0 Å². The van der Waals surface area contributed by atoms with Crippen LogP contribution in [-0.4, -0.2) is 19.0 Å². The minimum absolute atomic E-state index is 0.359. The smallest absolute Gasteiger partial charge is 0.248 e. The Bertz CT molecular complexity index is 615. The zero-order valence-corrected chi connectivity index (χ0v) is 10.9. The predicted octanol–water partition coefficient (Wildman–Crippen LogP) is 2.41. The second kappa shape index (κ2) is 5.02. The van der Waals surface area contributed by atoms with Crippen LogP contribution in [0.5, 0.6) is 0 Å². The van der Waals surface area contributed by atoms with Crippen molar-refractivity contribution in [3.8, 4) is 0 Å². The van der Waals surface area contributed by atoms with Crippen molar-refractivity contribution in [1.82, 2.24) is 5.32 Å². The Morgan fingerprint density at radius 1 is 1.16 bits per heavy atom. The van der Waals surface area contributed by atoms with Crippen molar-refractivity contribution in [1.29, 1.82) is 0 Å². The standard InChI is InChI=1S/C16H18N2O/c17-16(19)13-5-4-11-2-1-3-14(15(11)10-13)12-6-8-18-9-7-12/h1-5,10,12,18H,6-9H2,(H2,17,19). The normalized spacial score (nSPS) is 16.6. The van der Waals surface area contributed by atoms with Gasteiger partial charge in [-0.1, -0.05) is 24.3 Å². The molecule has 1 aliphatic rings. The van der Waals surface area contributed by atoms with Gasteiger partial charge < -0.3 is 11.1 Å². The number of hydrogen-bond donors (Lipinski definition) is 2. The van der Waals surface area contributed by atoms with Crippen LogP contribution in [0.2, 0.25) is 0 Å². The number of amides is 1. The zero-order valence-electron chi connectivity index (χ0n) is 10.9. The highest BCUT2D eigenvalue weighted by Gasteiger charge is 2.17. The second-order valence-electron chi connectivity index (χ2n) is 5.17. The summed E-state index contributed by atoms with van der Waals surface area (Å²) in [6.07, 6.45) is 2.31. The Balaban J connectivity index is 2.11. The van der Waals surface area contributed by atoms with E-state index in [4.69, 9.17) is 5.73 Å². The SMILES string of the molecule is NC(=O)c1ccc2cccc(C3CCNCC3)c2c1. The van der Waals surface area contributed by atoms with Crippen LogP contribution in [0.25, 0.3) is 10.8 Å². The summed E-state index contributed by atoms with van der Waals surface area (Å²) in [4.78, 5) is 11.3. The molecule has 0 aliphatic carbocycles. The van der Waals surface area contributed by atoms with E-state index in [9.17, 15) is 4.79 Å². The summed E-state index contributed by atoms with van der Waals surface area (Å²) >= 11 is 0. The number of fused-ring (bicyclic) bond motifs is 1. The molecule has 0 unspecified atom stereocenters. The molecule has 3 heteroatoms. The average molecular weight is 254 g/mol. The maximum atomic E-state index is 11.3. The van der Waals surface area contributed by atoms with Crippen molar-refractivity contribution < 1.29 is 4.79 Å². The number of primary amides is 1. The summed E-state index contributed by atoms with van der Waals surface area (Å²) in [5.41, 5.74) is 7.33. The third-order valence-electron chi connectivity index (χ3n) is 3.98. The van der Waals surface area contributed by atoms with Crippen molar-refractivity contribution in [2.75, 3.05) is 13.1 Å². The predicted molar refractivity (Wildman–Crippen MR) is 77.3 cm³/mol. The zero-order chi connectivity index (χ0) is 13.2. The largest absolute Gasteiger partial charge is 0.366 e. The Labute approximate surface area is 112 Å². The van der Waals surface area contributed by atoms with Gasteiger partial charge in [0.05, 0.1) is 0 Å². The van der Waals surface area contributed by atoms with Gasteiger partial charge in [0.2, 0.25) is 5.91 Å². The van der Waals surface area contributed by atoms with Crippen LogP contribution in [0.3, 0.4) is 0 Å². The molecule has 0 radical (unpaired) electrons. The molecule has 0 aromatic heterocycles. The Hall–Kier alpha value is -1.87. The van der Waals surface area contributed by atoms with Crippen molar-refractivity contribution in [3.05, 3.63) is 47.5 Å². The fourth-order valence-electron chi connectivity index (χ4n) is 2.94. The molecule has 3 rings (SSSR count). The summed E-state index contributed by atoms with van der Waals surface area (Å²) in [7, 11) is 0. The lowest BCUT2D eigenvalue weighted by Crippen LogP contribution is -2.26. The second-order valence-corrected chi connectivity index (χ2v) is 5.17. The highest BCUT2D eigenvalue weighted by atomic mass is 16.1. The Morgan fingerprint density at radius 2 is 1.95 bits per heavy atom. The van der Waals surface area contributed by atoms with Crippen LogP contribution in [0.15, 0.2) is 36.4 Å². The number of nitrogens with one attached hydrogen (secondary N) is 1. The van der Waals surface area contributed by atoms with E-state index in [2.05, 4.69) is 23.5 Å². The van der Waals surface area contributed by atoms with Crippen LogP contribution < -0.4 is 11.1 Å². The van der Waals surface area contributed by atoms with Gasteiger partial charge in [-0.2, -0.15) is 0 Å². The molecule has 1 amide bonds. The third-order valence-corrected chi connectivity index (χ3v) is 3.98. The lowest BCUT2D eigenvalue weighted by molar-refractivity contribution is 0.100. The number of benzene rings is 2. The van der Waals surface area contributed by atoms with Crippen LogP contribution >= 0.6 is 0 Å². The molecule has 1 saturated heterocycles. The maximum absolute atomic E-state index is 11.3. The summed E-state index contributed by atoms with van der Waals surface area (Å²) in [6, 6.07) is 12.1. The van der Waals surface area contributed by atoms with Gasteiger partial charge in [0.15, 0.2) is 0 Å². The van der Waals surface area contributed by atoms with Gasteiger partial charge in [-0.3, -0.25) is 4.79 Å². The number of carbonyl (C=O) groups is 1. The molecule has 2 aromatic rings. The van der Waals surface area contributed by atoms with Crippen LogP contribution in [-0.2, 0) is 0 Å². The van der Waals surface area contributed by atoms with Crippen molar-refractivity contribution in [2.45, 2.75) is 18.8 Å². The molecule has 19 heavy (non-hydrogen) atoms. The first-order valence-corrected chi connectivity index (χ1v) is 6.79. The van der Waals surface area contributed by atoms with Gasteiger partial charge >= 0.3 is 0 Å². The quantitative estimate of drug-likeness (QED) is 0.864. The lowest BCUT2D eigenvalue weighted by Gasteiger charge is -2.24.